The van der Waals surface area contributed by atoms with Gasteiger partial charge in [0.05, 0.1) is 12.0 Å². The van der Waals surface area contributed by atoms with E-state index in [-0.39, 0.29) is 6.61 Å². The van der Waals surface area contributed by atoms with Crippen LogP contribution in [0.1, 0.15) is 65.7 Å². The first-order chi connectivity index (χ1) is 10.3. The molecule has 122 valence electrons. The lowest BCUT2D eigenvalue weighted by Crippen LogP contribution is -2.61. The minimum atomic E-state index is -0.470. The smallest absolute Gasteiger partial charge is 0.141 e. The maximum atomic E-state index is 12.6. The molecule has 6 rings (SSSR count). The van der Waals surface area contributed by atoms with Crippen molar-refractivity contribution in [2.45, 2.75) is 65.7 Å². The summed E-state index contributed by atoms with van der Waals surface area (Å²) in [6, 6.07) is 0. The lowest BCUT2D eigenvalue weighted by atomic mass is 9.39. The maximum Gasteiger partial charge on any atom is 0.141 e. The van der Waals surface area contributed by atoms with Gasteiger partial charge < -0.3 is 5.11 Å². The molecular weight excluding hydrogens is 272 g/mol. The first kappa shape index (κ1) is 14.0. The van der Waals surface area contributed by atoms with Gasteiger partial charge in [0, 0.05) is 6.42 Å². The summed E-state index contributed by atoms with van der Waals surface area (Å²) in [5.41, 5.74) is 1.10. The van der Waals surface area contributed by atoms with Crippen molar-refractivity contribution >= 4 is 5.78 Å². The fraction of sp³-hybridized carbons (Fsp3) is 0.950. The normalized spacial score (nSPS) is 65.0. The fourth-order valence-corrected chi connectivity index (χ4v) is 8.67. The molecule has 0 aromatic rings. The van der Waals surface area contributed by atoms with E-state index in [0.717, 1.165) is 24.2 Å². The summed E-state index contributed by atoms with van der Waals surface area (Å²) in [5.74, 6) is 3.55. The van der Waals surface area contributed by atoms with Gasteiger partial charge >= 0.3 is 0 Å². The molecule has 0 aliphatic heterocycles. The topological polar surface area (TPSA) is 37.3 Å². The van der Waals surface area contributed by atoms with Crippen molar-refractivity contribution in [1.29, 1.82) is 0 Å². The number of hydrogen-bond donors (Lipinski definition) is 1. The average molecular weight is 302 g/mol. The van der Waals surface area contributed by atoms with Crippen LogP contribution in [0, 0.1) is 45.3 Å². The van der Waals surface area contributed by atoms with E-state index in [0.29, 0.717) is 34.4 Å². The molecule has 1 spiro atoms. The summed E-state index contributed by atoms with van der Waals surface area (Å²) in [6.07, 6.45) is 8.62. The number of rotatable bonds is 1. The van der Waals surface area contributed by atoms with E-state index >= 15 is 0 Å². The van der Waals surface area contributed by atoms with Gasteiger partial charge in [-0.3, -0.25) is 4.79 Å². The van der Waals surface area contributed by atoms with E-state index in [9.17, 15) is 9.90 Å². The van der Waals surface area contributed by atoms with Crippen molar-refractivity contribution in [2.24, 2.45) is 45.3 Å². The predicted octanol–water partition coefficient (Wildman–Crippen LogP) is 3.82. The third kappa shape index (κ3) is 1.26. The molecule has 0 amide bonds. The third-order valence-electron chi connectivity index (χ3n) is 9.81. The Morgan fingerprint density at radius 2 is 1.86 bits per heavy atom. The minimum absolute atomic E-state index is 0.0512. The molecule has 6 aliphatic rings. The molecule has 0 saturated heterocycles. The molecule has 0 aromatic carbocycles. The fourth-order valence-electron chi connectivity index (χ4n) is 8.67. The molecule has 8 atom stereocenters. The van der Waals surface area contributed by atoms with Crippen molar-refractivity contribution < 1.29 is 9.90 Å². The van der Waals surface area contributed by atoms with E-state index in [1.807, 2.05) is 0 Å². The molecule has 0 aromatic heterocycles. The lowest BCUT2D eigenvalue weighted by Gasteiger charge is -2.65. The van der Waals surface area contributed by atoms with Gasteiger partial charge in [-0.2, -0.15) is 0 Å². The van der Waals surface area contributed by atoms with Gasteiger partial charge in [0.2, 0.25) is 0 Å². The second-order valence-corrected chi connectivity index (χ2v) is 10.3. The zero-order valence-electron chi connectivity index (χ0n) is 14.3. The zero-order valence-corrected chi connectivity index (χ0v) is 14.3. The van der Waals surface area contributed by atoms with Crippen molar-refractivity contribution in [1.82, 2.24) is 0 Å². The van der Waals surface area contributed by atoms with Gasteiger partial charge in [0.25, 0.3) is 0 Å². The summed E-state index contributed by atoms with van der Waals surface area (Å²) in [7, 11) is 0. The standard InChI is InChI=1S/C20H30O2/c1-17-6-5-16(22)19(3,11-21)14(17)4-7-20-9-13-12(8-15(17)20)18(13,2)10-20/h12-15,21H,4-11H2,1-3H3/t12-,13+,14+,15+,17-,18+,19-,20+/m1/s1. The Balaban J connectivity index is 1.56. The quantitative estimate of drug-likeness (QED) is 0.799. The molecule has 2 heteroatoms. The number of carbonyl (C=O) groups is 1. The molecule has 6 fully saturated rings. The number of aliphatic hydroxyl groups is 1. The van der Waals surface area contributed by atoms with E-state index in [2.05, 4.69) is 20.8 Å². The molecule has 1 N–H and O–H groups in total. The number of Topliss-reactive ketones (excluding diaryl/α,β-unsaturated/α-hetero) is 1. The van der Waals surface area contributed by atoms with E-state index in [4.69, 9.17) is 0 Å². The van der Waals surface area contributed by atoms with Gasteiger partial charge in [-0.15, -0.1) is 0 Å². The van der Waals surface area contributed by atoms with Crippen LogP contribution in [0.5, 0.6) is 0 Å². The number of hydrogen-bond acceptors (Lipinski definition) is 2. The highest BCUT2D eigenvalue weighted by atomic mass is 16.3. The van der Waals surface area contributed by atoms with Crippen LogP contribution in [0.3, 0.4) is 0 Å². The van der Waals surface area contributed by atoms with E-state index in [1.54, 1.807) is 0 Å². The molecule has 6 aliphatic carbocycles. The second-order valence-electron chi connectivity index (χ2n) is 10.3. The summed E-state index contributed by atoms with van der Waals surface area (Å²) in [6.45, 7) is 7.14. The van der Waals surface area contributed by atoms with Gasteiger partial charge in [-0.05, 0) is 78.4 Å². The summed E-state index contributed by atoms with van der Waals surface area (Å²) >= 11 is 0. The third-order valence-corrected chi connectivity index (χ3v) is 9.81. The van der Waals surface area contributed by atoms with Crippen LogP contribution in [0.4, 0.5) is 0 Å². The molecular formula is C20H30O2. The highest BCUT2D eigenvalue weighted by Crippen LogP contribution is 2.85. The first-order valence-electron chi connectivity index (χ1n) is 9.44. The molecule has 22 heavy (non-hydrogen) atoms. The molecule has 6 saturated carbocycles. The number of ketones is 1. The Morgan fingerprint density at radius 3 is 2.50 bits per heavy atom. The first-order valence-corrected chi connectivity index (χ1v) is 9.44. The van der Waals surface area contributed by atoms with Crippen LogP contribution >= 0.6 is 0 Å². The van der Waals surface area contributed by atoms with Crippen LogP contribution < -0.4 is 0 Å². The minimum Gasteiger partial charge on any atom is -0.395 e. The molecule has 2 nitrogen and oxygen atoms in total. The van der Waals surface area contributed by atoms with Gasteiger partial charge in [-0.25, -0.2) is 0 Å². The Hall–Kier alpha value is -0.370. The van der Waals surface area contributed by atoms with Gasteiger partial charge in [0.1, 0.15) is 5.78 Å². The molecule has 0 radical (unpaired) electrons. The molecule has 0 unspecified atom stereocenters. The number of aliphatic hydroxyl groups excluding tert-OH is 1. The average Bonchev–Trinajstić information content (AvgIpc) is 2.94. The Bertz CT molecular complexity index is 570. The maximum absolute atomic E-state index is 12.6. The zero-order chi connectivity index (χ0) is 15.5. The van der Waals surface area contributed by atoms with E-state index < -0.39 is 5.41 Å². The van der Waals surface area contributed by atoms with Crippen LogP contribution in [0.15, 0.2) is 0 Å². The van der Waals surface area contributed by atoms with Crippen molar-refractivity contribution in [3.8, 4) is 0 Å². The predicted molar refractivity (Wildman–Crippen MR) is 85.1 cm³/mol. The highest BCUT2D eigenvalue weighted by molar-refractivity contribution is 5.86. The van der Waals surface area contributed by atoms with Crippen molar-refractivity contribution in [3.63, 3.8) is 0 Å². The van der Waals surface area contributed by atoms with Crippen LogP contribution in [0.25, 0.3) is 0 Å². The van der Waals surface area contributed by atoms with Crippen LogP contribution in [-0.4, -0.2) is 17.5 Å². The Morgan fingerprint density at radius 1 is 1.09 bits per heavy atom. The second kappa shape index (κ2) is 3.66. The van der Waals surface area contributed by atoms with Crippen molar-refractivity contribution in [2.75, 3.05) is 6.61 Å². The Kier molecular flexibility index (Phi) is 2.33. The largest absolute Gasteiger partial charge is 0.395 e. The van der Waals surface area contributed by atoms with Gasteiger partial charge in [0.15, 0.2) is 0 Å². The monoisotopic (exact) mass is 302 g/mol. The number of fused-ring (bicyclic) bond motifs is 1. The molecule has 4 bridgehead atoms. The van der Waals surface area contributed by atoms with Crippen molar-refractivity contribution in [3.05, 3.63) is 0 Å². The summed E-state index contributed by atoms with van der Waals surface area (Å²) < 4.78 is 0. The SMILES string of the molecule is C[C@]12C[C@@]34CC[C@H]5[C@@](C)(CCC(=O)[C@]5(C)CO)[C@@H]3C[C@@H]1[C@@H]2C4. The lowest BCUT2D eigenvalue weighted by molar-refractivity contribution is -0.180. The van der Waals surface area contributed by atoms with Gasteiger partial charge in [-0.1, -0.05) is 20.8 Å². The molecule has 0 heterocycles. The van der Waals surface area contributed by atoms with Crippen LogP contribution in [-0.2, 0) is 4.79 Å². The Labute approximate surface area is 134 Å². The van der Waals surface area contributed by atoms with E-state index in [1.165, 1.54) is 32.1 Å². The number of carbonyl (C=O) groups excluding carboxylic acids is 1. The summed E-state index contributed by atoms with van der Waals surface area (Å²) in [4.78, 5) is 12.6. The highest BCUT2D eigenvalue weighted by Gasteiger charge is 2.78. The summed E-state index contributed by atoms with van der Waals surface area (Å²) in [5, 5.41) is 10.0. The van der Waals surface area contributed by atoms with Crippen LogP contribution in [0.2, 0.25) is 0 Å².